The molecule has 2 aromatic carbocycles. The largest absolute Gasteiger partial charge is 0.465 e. The topological polar surface area (TPSA) is 144 Å². The highest BCUT2D eigenvalue weighted by Gasteiger charge is 2.28. The van der Waals surface area contributed by atoms with Gasteiger partial charge in [0, 0.05) is 0 Å². The molecule has 4 aromatic rings. The molecule has 0 unspecified atom stereocenters. The number of benzene rings is 2. The Kier molecular flexibility index (Phi) is 13.1. The Morgan fingerprint density at radius 2 is 1.18 bits per heavy atom. The molecule has 0 spiro atoms. The highest BCUT2D eigenvalue weighted by atomic mass is 16.6. The number of aromatic nitrogens is 4. The zero-order valence-electron chi connectivity index (χ0n) is 31.5. The van der Waals surface area contributed by atoms with Crippen molar-refractivity contribution < 1.29 is 28.6 Å². The van der Waals surface area contributed by atoms with E-state index < -0.39 is 40.7 Å². The van der Waals surface area contributed by atoms with E-state index in [1.807, 2.05) is 24.3 Å². The molecule has 12 heteroatoms. The van der Waals surface area contributed by atoms with Crippen LogP contribution < -0.4 is 11.4 Å². The maximum atomic E-state index is 13.1. The maximum Gasteiger partial charge on any atom is 0.423 e. The van der Waals surface area contributed by atoms with Crippen LogP contribution in [0.5, 0.6) is 0 Å². The van der Waals surface area contributed by atoms with Crippen molar-refractivity contribution in [3.05, 3.63) is 68.5 Å². The number of carbonyl (C=O) groups excluding carboxylic acids is 3. The molecule has 274 valence electrons. The van der Waals surface area contributed by atoms with Gasteiger partial charge in [-0.05, 0) is 109 Å². The predicted octanol–water partition coefficient (Wildman–Crippen LogP) is 8.07. The maximum absolute atomic E-state index is 13.1. The number of nitrogens with zero attached hydrogens (tertiary/aromatic N) is 3. The lowest BCUT2D eigenvalue weighted by Crippen LogP contribution is -2.35. The average Bonchev–Trinajstić information content (AvgIpc) is 3.50. The van der Waals surface area contributed by atoms with Crippen LogP contribution in [-0.4, -0.2) is 54.7 Å². The van der Waals surface area contributed by atoms with E-state index >= 15 is 0 Å². The number of hydrogen-bond acceptors (Lipinski definition) is 8. The molecular formula is C38H54N4O8. The van der Waals surface area contributed by atoms with Crippen LogP contribution in [0.1, 0.15) is 125 Å². The second kappa shape index (κ2) is 16.4. The standard InChI is InChI=1S/C21H30N2O5.C17H24N2O3/c1-7-14(8-2)15-11-10-12-16-18(15)22(13-17(24)27-9-3)19(25)23(16)20(26)28-21(4,5)6;1-6-11(7-2)12-9-8-10-13-14(12)18-15(20)19(13)16(21)22-17(3,4)5/h10-12,14H,7-9,13H2,1-6H3;8-11H,6-7H2,1-5H3,(H,18,20). The van der Waals surface area contributed by atoms with Crippen LogP contribution >= 0.6 is 0 Å². The number of nitrogens with one attached hydrogen (secondary N) is 1. The number of para-hydroxylation sites is 2. The van der Waals surface area contributed by atoms with E-state index in [1.165, 1.54) is 4.57 Å². The van der Waals surface area contributed by atoms with Crippen molar-refractivity contribution in [2.75, 3.05) is 6.61 Å². The fourth-order valence-electron chi connectivity index (χ4n) is 6.08. The molecule has 0 fully saturated rings. The van der Waals surface area contributed by atoms with Gasteiger partial charge < -0.3 is 19.2 Å². The van der Waals surface area contributed by atoms with Gasteiger partial charge >= 0.3 is 29.5 Å². The van der Waals surface area contributed by atoms with Crippen molar-refractivity contribution in [1.82, 2.24) is 18.7 Å². The average molecular weight is 695 g/mol. The molecule has 0 saturated carbocycles. The van der Waals surface area contributed by atoms with Gasteiger partial charge in [0.05, 0.1) is 28.7 Å². The van der Waals surface area contributed by atoms with Crippen LogP contribution in [0.15, 0.2) is 46.0 Å². The molecule has 0 aliphatic heterocycles. The van der Waals surface area contributed by atoms with E-state index in [9.17, 15) is 24.0 Å². The molecule has 0 aliphatic rings. The summed E-state index contributed by atoms with van der Waals surface area (Å²) in [6.07, 6.45) is 2.31. The second-order valence-electron chi connectivity index (χ2n) is 14.2. The molecule has 0 atom stereocenters. The summed E-state index contributed by atoms with van der Waals surface area (Å²) in [5.41, 5.74) is 1.88. The normalized spacial score (nSPS) is 11.9. The van der Waals surface area contributed by atoms with Crippen molar-refractivity contribution in [3.63, 3.8) is 0 Å². The fourth-order valence-corrected chi connectivity index (χ4v) is 6.08. The van der Waals surface area contributed by atoms with Crippen LogP contribution in [0.3, 0.4) is 0 Å². The first-order valence-electron chi connectivity index (χ1n) is 17.5. The Hall–Kier alpha value is -4.61. The van der Waals surface area contributed by atoms with Gasteiger partial charge in [0.1, 0.15) is 17.7 Å². The van der Waals surface area contributed by atoms with Crippen molar-refractivity contribution in [3.8, 4) is 0 Å². The smallest absolute Gasteiger partial charge is 0.423 e. The Morgan fingerprint density at radius 1 is 0.700 bits per heavy atom. The molecule has 4 rings (SSSR count). The molecular weight excluding hydrogens is 640 g/mol. The van der Waals surface area contributed by atoms with Gasteiger partial charge in [-0.1, -0.05) is 52.0 Å². The molecule has 12 nitrogen and oxygen atoms in total. The van der Waals surface area contributed by atoms with Crippen LogP contribution in [0, 0.1) is 0 Å². The number of imidazole rings is 2. The van der Waals surface area contributed by atoms with Crippen LogP contribution in [-0.2, 0) is 25.5 Å². The number of H-pyrrole nitrogens is 1. The molecule has 0 radical (unpaired) electrons. The van der Waals surface area contributed by atoms with Gasteiger partial charge in [-0.15, -0.1) is 0 Å². The number of carbonyl (C=O) groups is 3. The molecule has 0 amide bonds. The summed E-state index contributed by atoms with van der Waals surface area (Å²) in [5.74, 6) is 0.0343. The van der Waals surface area contributed by atoms with E-state index in [0.29, 0.717) is 22.5 Å². The summed E-state index contributed by atoms with van der Waals surface area (Å²) in [7, 11) is 0. The highest BCUT2D eigenvalue weighted by molar-refractivity contribution is 5.90. The number of rotatable bonds is 9. The summed E-state index contributed by atoms with van der Waals surface area (Å²) in [5, 5.41) is 0. The molecule has 0 aliphatic carbocycles. The van der Waals surface area contributed by atoms with Crippen molar-refractivity contribution in [2.45, 2.75) is 131 Å². The zero-order valence-corrected chi connectivity index (χ0v) is 31.5. The predicted molar refractivity (Wildman–Crippen MR) is 195 cm³/mol. The third-order valence-electron chi connectivity index (χ3n) is 8.33. The summed E-state index contributed by atoms with van der Waals surface area (Å²) >= 11 is 0. The first-order valence-corrected chi connectivity index (χ1v) is 17.5. The van der Waals surface area contributed by atoms with Crippen LogP contribution in [0.2, 0.25) is 0 Å². The highest BCUT2D eigenvalue weighted by Crippen LogP contribution is 2.31. The lowest BCUT2D eigenvalue weighted by Gasteiger charge is -2.19. The number of ether oxygens (including phenoxy) is 3. The van der Waals surface area contributed by atoms with Crippen molar-refractivity contribution >= 4 is 40.2 Å². The summed E-state index contributed by atoms with van der Waals surface area (Å²) in [6.45, 7) is 20.6. The summed E-state index contributed by atoms with van der Waals surface area (Å²) in [4.78, 5) is 65.3. The lowest BCUT2D eigenvalue weighted by atomic mass is 9.93. The van der Waals surface area contributed by atoms with E-state index in [4.69, 9.17) is 14.2 Å². The van der Waals surface area contributed by atoms with Gasteiger partial charge in [-0.3, -0.25) is 9.36 Å². The van der Waals surface area contributed by atoms with Crippen molar-refractivity contribution in [2.24, 2.45) is 0 Å². The van der Waals surface area contributed by atoms with E-state index in [-0.39, 0.29) is 19.1 Å². The van der Waals surface area contributed by atoms with Gasteiger partial charge in [0.15, 0.2) is 0 Å². The van der Waals surface area contributed by atoms with Crippen molar-refractivity contribution in [1.29, 1.82) is 0 Å². The fraction of sp³-hybridized carbons (Fsp3) is 0.553. The number of esters is 1. The van der Waals surface area contributed by atoms with Gasteiger partial charge in [-0.2, -0.15) is 9.13 Å². The molecule has 1 N–H and O–H groups in total. The zero-order chi connectivity index (χ0) is 37.6. The van der Waals surface area contributed by atoms with E-state index in [1.54, 1.807) is 60.6 Å². The van der Waals surface area contributed by atoms with Crippen LogP contribution in [0.4, 0.5) is 9.59 Å². The number of fused-ring (bicyclic) bond motifs is 2. The van der Waals surface area contributed by atoms with Gasteiger partial charge in [-0.25, -0.2) is 19.2 Å². The van der Waals surface area contributed by atoms with Gasteiger partial charge in [0.2, 0.25) is 0 Å². The minimum absolute atomic E-state index is 0.200. The van der Waals surface area contributed by atoms with E-state index in [2.05, 4.69) is 32.7 Å². The minimum atomic E-state index is -0.758. The van der Waals surface area contributed by atoms with Crippen LogP contribution in [0.25, 0.3) is 22.1 Å². The van der Waals surface area contributed by atoms with Gasteiger partial charge in [0.25, 0.3) is 0 Å². The Bertz CT molecular complexity index is 1920. The third kappa shape index (κ3) is 9.13. The number of aromatic amines is 1. The second-order valence-corrected chi connectivity index (χ2v) is 14.2. The molecule has 50 heavy (non-hydrogen) atoms. The van der Waals surface area contributed by atoms with E-state index in [0.717, 1.165) is 51.5 Å². The Balaban J connectivity index is 0.000000278. The summed E-state index contributed by atoms with van der Waals surface area (Å²) < 4.78 is 19.2. The molecule has 0 bridgehead atoms. The number of hydrogen-bond donors (Lipinski definition) is 1. The summed E-state index contributed by atoms with van der Waals surface area (Å²) in [6, 6.07) is 11.1. The third-order valence-corrected chi connectivity index (χ3v) is 8.33. The monoisotopic (exact) mass is 694 g/mol. The lowest BCUT2D eigenvalue weighted by molar-refractivity contribution is -0.143. The first-order chi connectivity index (χ1) is 23.4. The Labute approximate surface area is 293 Å². The first kappa shape index (κ1) is 39.8. The SMILES string of the molecule is CCC(CC)c1cccc2c1[nH]c(=O)n2C(=O)OC(C)(C)C.CCOC(=O)Cn1c(=O)n(C(=O)OC(C)(C)C)c2cccc(C(CC)CC)c21. The Morgan fingerprint density at radius 3 is 1.68 bits per heavy atom. The molecule has 0 saturated heterocycles. The quantitative estimate of drug-likeness (QED) is 0.137. The minimum Gasteiger partial charge on any atom is -0.465 e. The molecule has 2 heterocycles. The molecule has 2 aromatic heterocycles.